The summed E-state index contributed by atoms with van der Waals surface area (Å²) in [5.41, 5.74) is 1.56. The molecule has 0 aromatic heterocycles. The van der Waals surface area contributed by atoms with Gasteiger partial charge in [-0.05, 0) is 18.6 Å². The number of benzene rings is 1. The first kappa shape index (κ1) is 10.4. The maximum absolute atomic E-state index is 13.3. The van der Waals surface area contributed by atoms with Gasteiger partial charge in [-0.25, -0.2) is 4.39 Å². The van der Waals surface area contributed by atoms with Crippen molar-refractivity contribution >= 4 is 18.2 Å². The minimum atomic E-state index is -0.344. The molecule has 0 amide bonds. The summed E-state index contributed by atoms with van der Waals surface area (Å²) in [5.74, 6) is -0.344. The molecule has 0 aliphatic rings. The van der Waals surface area contributed by atoms with Crippen molar-refractivity contribution < 1.29 is 9.18 Å². The van der Waals surface area contributed by atoms with Crippen LogP contribution < -0.4 is 0 Å². The van der Waals surface area contributed by atoms with Crippen LogP contribution >= 0.6 is 0 Å². The summed E-state index contributed by atoms with van der Waals surface area (Å²) in [7, 11) is 0. The van der Waals surface area contributed by atoms with Crippen molar-refractivity contribution in [3.8, 4) is 0 Å². The first-order chi connectivity index (χ1) is 6.72. The van der Waals surface area contributed by atoms with E-state index in [1.807, 2.05) is 0 Å². The second kappa shape index (κ2) is 4.51. The van der Waals surface area contributed by atoms with E-state index in [1.165, 1.54) is 12.1 Å². The fourth-order valence-electron chi connectivity index (χ4n) is 1.19. The fraction of sp³-hybridized carbons (Fsp3) is 0.0833. The van der Waals surface area contributed by atoms with Gasteiger partial charge in [0.25, 0.3) is 0 Å². The molecule has 0 bridgehead atoms. The summed E-state index contributed by atoms with van der Waals surface area (Å²) in [6.45, 7) is 5.19. The third kappa shape index (κ3) is 1.96. The maximum Gasteiger partial charge on any atom is 0.150 e. The molecule has 1 aromatic rings. The zero-order chi connectivity index (χ0) is 10.6. The Morgan fingerprint density at radius 3 is 2.71 bits per heavy atom. The van der Waals surface area contributed by atoms with Crippen molar-refractivity contribution in [2.75, 3.05) is 0 Å². The van der Waals surface area contributed by atoms with Gasteiger partial charge >= 0.3 is 0 Å². The van der Waals surface area contributed by atoms with Crippen LogP contribution in [0.2, 0.25) is 0 Å². The van der Waals surface area contributed by atoms with Gasteiger partial charge in [0.2, 0.25) is 0 Å². The molecule has 1 aromatic carbocycles. The molecule has 0 atom stereocenters. The van der Waals surface area contributed by atoms with Crippen LogP contribution in [0.5, 0.6) is 0 Å². The van der Waals surface area contributed by atoms with Gasteiger partial charge in [0.1, 0.15) is 12.1 Å². The Hall–Kier alpha value is -1.70. The summed E-state index contributed by atoms with van der Waals surface area (Å²) in [6.07, 6.45) is 3.61. The first-order valence-electron chi connectivity index (χ1n) is 4.26. The topological polar surface area (TPSA) is 17.1 Å². The average Bonchev–Trinajstić information content (AvgIpc) is 2.27. The highest BCUT2D eigenvalue weighted by Gasteiger charge is 2.05. The summed E-state index contributed by atoms with van der Waals surface area (Å²) in [5, 5.41) is 0. The van der Waals surface area contributed by atoms with E-state index in [-0.39, 0.29) is 5.83 Å². The predicted octanol–water partition coefficient (Wildman–Crippen LogP) is 3.47. The zero-order valence-electron chi connectivity index (χ0n) is 7.96. The molecular formula is C12H11FO. The van der Waals surface area contributed by atoms with E-state index >= 15 is 0 Å². The zero-order valence-corrected chi connectivity index (χ0v) is 7.96. The molecule has 0 radical (unpaired) electrons. The van der Waals surface area contributed by atoms with E-state index in [2.05, 4.69) is 6.58 Å². The van der Waals surface area contributed by atoms with Crippen LogP contribution in [-0.4, -0.2) is 6.29 Å². The Morgan fingerprint density at radius 2 is 2.21 bits per heavy atom. The molecule has 0 saturated heterocycles. The van der Waals surface area contributed by atoms with Crippen LogP contribution in [-0.2, 0) is 0 Å². The van der Waals surface area contributed by atoms with Crippen LogP contribution in [0.4, 0.5) is 4.39 Å². The normalized spacial score (nSPS) is 11.1. The van der Waals surface area contributed by atoms with Gasteiger partial charge in [0.05, 0.1) is 0 Å². The van der Waals surface area contributed by atoms with Gasteiger partial charge in [-0.1, -0.05) is 30.9 Å². The number of rotatable bonds is 3. The number of carbonyl (C=O) groups is 1. The lowest BCUT2D eigenvalue weighted by molar-refractivity contribution is 0.112. The van der Waals surface area contributed by atoms with Crippen molar-refractivity contribution in [1.82, 2.24) is 0 Å². The molecule has 1 nitrogen and oxygen atoms in total. The standard InChI is InChI=1S/C12H11FO/c1-3-10-6-5-9(8-14)7-11(10)12(13)4-2/h3-8H,1H2,2H3/b12-4+. The number of allylic oxidation sites excluding steroid dienone is 1. The van der Waals surface area contributed by atoms with Gasteiger partial charge < -0.3 is 0 Å². The Bertz CT molecular complexity index is 391. The van der Waals surface area contributed by atoms with Crippen LogP contribution in [0.1, 0.15) is 28.4 Å². The van der Waals surface area contributed by atoms with Gasteiger partial charge in [0.15, 0.2) is 0 Å². The molecule has 14 heavy (non-hydrogen) atoms. The maximum atomic E-state index is 13.3. The molecule has 0 spiro atoms. The van der Waals surface area contributed by atoms with Crippen LogP contribution in [0.15, 0.2) is 30.9 Å². The van der Waals surface area contributed by atoms with Crippen molar-refractivity contribution in [1.29, 1.82) is 0 Å². The third-order valence-corrected chi connectivity index (χ3v) is 1.94. The molecule has 0 saturated carbocycles. The molecule has 0 heterocycles. The Labute approximate surface area is 82.6 Å². The molecule has 0 unspecified atom stereocenters. The molecule has 0 N–H and O–H groups in total. The number of halogens is 1. The van der Waals surface area contributed by atoms with Crippen molar-refractivity contribution in [3.63, 3.8) is 0 Å². The van der Waals surface area contributed by atoms with E-state index in [0.717, 1.165) is 0 Å². The number of aldehydes is 1. The second-order valence-corrected chi connectivity index (χ2v) is 2.81. The highest BCUT2D eigenvalue weighted by Crippen LogP contribution is 2.22. The average molecular weight is 190 g/mol. The van der Waals surface area contributed by atoms with E-state index in [0.29, 0.717) is 23.0 Å². The van der Waals surface area contributed by atoms with Crippen LogP contribution in [0.25, 0.3) is 11.9 Å². The molecule has 1 rings (SSSR count). The number of carbonyl (C=O) groups excluding carboxylic acids is 1. The summed E-state index contributed by atoms with van der Waals surface area (Å²) < 4.78 is 13.3. The smallest absolute Gasteiger partial charge is 0.150 e. The largest absolute Gasteiger partial charge is 0.298 e. The fourth-order valence-corrected chi connectivity index (χ4v) is 1.19. The minimum absolute atomic E-state index is 0.344. The first-order valence-corrected chi connectivity index (χ1v) is 4.26. The van der Waals surface area contributed by atoms with Crippen molar-refractivity contribution in [2.24, 2.45) is 0 Å². The van der Waals surface area contributed by atoms with Crippen LogP contribution in [0, 0.1) is 0 Å². The lowest BCUT2D eigenvalue weighted by Crippen LogP contribution is -1.88. The summed E-state index contributed by atoms with van der Waals surface area (Å²) in [4.78, 5) is 10.5. The Morgan fingerprint density at radius 1 is 1.50 bits per heavy atom. The molecule has 2 heteroatoms. The van der Waals surface area contributed by atoms with Gasteiger partial charge in [-0.2, -0.15) is 0 Å². The highest BCUT2D eigenvalue weighted by molar-refractivity contribution is 5.80. The predicted molar refractivity (Wildman–Crippen MR) is 56.7 cm³/mol. The Balaban J connectivity index is 3.35. The van der Waals surface area contributed by atoms with Crippen molar-refractivity contribution in [2.45, 2.75) is 6.92 Å². The molecule has 72 valence electrons. The molecule has 0 aliphatic heterocycles. The number of hydrogen-bond donors (Lipinski definition) is 0. The number of hydrogen-bond acceptors (Lipinski definition) is 1. The monoisotopic (exact) mass is 190 g/mol. The quantitative estimate of drug-likeness (QED) is 0.667. The van der Waals surface area contributed by atoms with E-state index in [9.17, 15) is 9.18 Å². The van der Waals surface area contributed by atoms with E-state index < -0.39 is 0 Å². The highest BCUT2D eigenvalue weighted by atomic mass is 19.1. The lowest BCUT2D eigenvalue weighted by Gasteiger charge is -2.03. The van der Waals surface area contributed by atoms with Gasteiger partial charge in [-0.3, -0.25) is 4.79 Å². The SMILES string of the molecule is C=Cc1ccc(C=O)cc1/C(F)=C\C. The van der Waals surface area contributed by atoms with E-state index in [1.54, 1.807) is 25.1 Å². The summed E-state index contributed by atoms with van der Waals surface area (Å²) in [6, 6.07) is 4.82. The second-order valence-electron chi connectivity index (χ2n) is 2.81. The minimum Gasteiger partial charge on any atom is -0.298 e. The molecule has 0 fully saturated rings. The Kier molecular flexibility index (Phi) is 3.35. The van der Waals surface area contributed by atoms with E-state index in [4.69, 9.17) is 0 Å². The van der Waals surface area contributed by atoms with Gasteiger partial charge in [-0.15, -0.1) is 0 Å². The third-order valence-electron chi connectivity index (χ3n) is 1.94. The summed E-state index contributed by atoms with van der Waals surface area (Å²) >= 11 is 0. The van der Waals surface area contributed by atoms with Gasteiger partial charge in [0, 0.05) is 11.1 Å². The molecule has 0 aliphatic carbocycles. The lowest BCUT2D eigenvalue weighted by atomic mass is 10.0. The van der Waals surface area contributed by atoms with Crippen LogP contribution in [0.3, 0.4) is 0 Å². The molecular weight excluding hydrogens is 179 g/mol. The van der Waals surface area contributed by atoms with Crippen molar-refractivity contribution in [3.05, 3.63) is 47.5 Å².